The summed E-state index contributed by atoms with van der Waals surface area (Å²) in [5.74, 6) is 0. The van der Waals surface area contributed by atoms with Crippen molar-refractivity contribution in [1.29, 1.82) is 0 Å². The van der Waals surface area contributed by atoms with Gasteiger partial charge < -0.3 is 14.5 Å². The van der Waals surface area contributed by atoms with Crippen LogP contribution in [0.25, 0.3) is 0 Å². The Morgan fingerprint density at radius 1 is 1.33 bits per heavy atom. The second-order valence-electron chi connectivity index (χ2n) is 6.75. The first-order chi connectivity index (χ1) is 9.83. The zero-order valence-electron chi connectivity index (χ0n) is 12.7. The van der Waals surface area contributed by atoms with Crippen LogP contribution < -0.4 is 4.90 Å². The van der Waals surface area contributed by atoms with E-state index < -0.39 is 5.60 Å². The number of nitrogens with zero attached hydrogens (tertiary/aromatic N) is 2. The summed E-state index contributed by atoms with van der Waals surface area (Å²) in [7, 11) is 0. The second kappa shape index (κ2) is 5.09. The van der Waals surface area contributed by atoms with Crippen molar-refractivity contribution in [3.05, 3.63) is 28.8 Å². The zero-order chi connectivity index (χ0) is 15.2. The minimum absolute atomic E-state index is 0.212. The molecule has 2 aliphatic rings. The van der Waals surface area contributed by atoms with Crippen molar-refractivity contribution in [2.75, 3.05) is 24.5 Å². The van der Waals surface area contributed by atoms with Crippen molar-refractivity contribution in [3.8, 4) is 0 Å². The van der Waals surface area contributed by atoms with E-state index in [0.29, 0.717) is 19.1 Å². The molecule has 1 aromatic carbocycles. The predicted octanol–water partition coefficient (Wildman–Crippen LogP) is 3.32. The Morgan fingerprint density at radius 2 is 2.10 bits per heavy atom. The highest BCUT2D eigenvalue weighted by Crippen LogP contribution is 2.35. The van der Waals surface area contributed by atoms with Gasteiger partial charge in [-0.2, -0.15) is 0 Å². The van der Waals surface area contributed by atoms with E-state index in [1.165, 1.54) is 11.3 Å². The molecule has 3 rings (SSSR count). The van der Waals surface area contributed by atoms with Crippen LogP contribution in [0.5, 0.6) is 0 Å². The molecule has 0 spiro atoms. The van der Waals surface area contributed by atoms with Crippen LogP contribution in [-0.2, 0) is 11.2 Å². The maximum Gasteiger partial charge on any atom is 0.410 e. The molecule has 2 heterocycles. The number of carbonyl (C=O) groups excluding carboxylic acids is 1. The van der Waals surface area contributed by atoms with Crippen LogP contribution in [0.4, 0.5) is 10.5 Å². The number of hydrogen-bond acceptors (Lipinski definition) is 3. The Kier molecular flexibility index (Phi) is 3.52. The smallest absolute Gasteiger partial charge is 0.410 e. The largest absolute Gasteiger partial charge is 0.444 e. The first-order valence-corrected chi connectivity index (χ1v) is 7.74. The van der Waals surface area contributed by atoms with E-state index in [9.17, 15) is 4.79 Å². The minimum atomic E-state index is -0.444. The summed E-state index contributed by atoms with van der Waals surface area (Å²) in [6.07, 6.45) is 0.728. The van der Waals surface area contributed by atoms with Crippen molar-refractivity contribution in [2.45, 2.75) is 38.8 Å². The van der Waals surface area contributed by atoms with Gasteiger partial charge in [-0.1, -0.05) is 11.6 Å². The lowest BCUT2D eigenvalue weighted by Crippen LogP contribution is -2.54. The van der Waals surface area contributed by atoms with Gasteiger partial charge in [0.05, 0.1) is 6.04 Å². The summed E-state index contributed by atoms with van der Waals surface area (Å²) in [6, 6.07) is 6.39. The van der Waals surface area contributed by atoms with E-state index in [1.54, 1.807) is 0 Å². The molecule has 4 nitrogen and oxygen atoms in total. The number of carbonyl (C=O) groups is 1. The number of piperazine rings is 1. The van der Waals surface area contributed by atoms with Crippen LogP contribution >= 0.6 is 11.6 Å². The number of rotatable bonds is 0. The van der Waals surface area contributed by atoms with E-state index in [2.05, 4.69) is 11.0 Å². The number of benzene rings is 1. The summed E-state index contributed by atoms with van der Waals surface area (Å²) < 4.78 is 5.47. The lowest BCUT2D eigenvalue weighted by Gasteiger charge is -2.39. The maximum atomic E-state index is 12.2. The molecule has 0 saturated carbocycles. The molecule has 5 heteroatoms. The number of ether oxygens (including phenoxy) is 1. The van der Waals surface area contributed by atoms with Gasteiger partial charge in [-0.05, 0) is 51.0 Å². The summed E-state index contributed by atoms with van der Waals surface area (Å²) >= 11 is 6.07. The monoisotopic (exact) mass is 308 g/mol. The summed E-state index contributed by atoms with van der Waals surface area (Å²) in [6.45, 7) is 7.95. The highest BCUT2D eigenvalue weighted by atomic mass is 35.5. The Labute approximate surface area is 130 Å². The average Bonchev–Trinajstić information content (AvgIpc) is 2.72. The van der Waals surface area contributed by atoms with Gasteiger partial charge in [-0.3, -0.25) is 0 Å². The summed E-state index contributed by atoms with van der Waals surface area (Å²) in [5.41, 5.74) is 2.09. The standard InChI is InChI=1S/C16H21ClN2O2/c1-16(2,3)21-15(20)18-6-7-19-13(10-18)9-11-8-12(17)4-5-14(11)19/h4-5,8,13H,6-7,9-10H2,1-3H3. The van der Waals surface area contributed by atoms with Crippen LogP contribution in [0.2, 0.25) is 5.02 Å². The first-order valence-electron chi connectivity index (χ1n) is 7.36. The molecular weight excluding hydrogens is 288 g/mol. The lowest BCUT2D eigenvalue weighted by molar-refractivity contribution is 0.0217. The molecule has 1 fully saturated rings. The minimum Gasteiger partial charge on any atom is -0.444 e. The highest BCUT2D eigenvalue weighted by Gasteiger charge is 2.36. The number of anilines is 1. The van der Waals surface area contributed by atoms with Crippen molar-refractivity contribution in [1.82, 2.24) is 4.90 Å². The molecule has 0 aromatic heterocycles. The number of amides is 1. The van der Waals surface area contributed by atoms with Gasteiger partial charge in [-0.15, -0.1) is 0 Å². The molecule has 0 bridgehead atoms. The van der Waals surface area contributed by atoms with Gasteiger partial charge in [0.2, 0.25) is 0 Å². The molecule has 1 amide bonds. The molecule has 0 aliphatic carbocycles. The SMILES string of the molecule is CC(C)(C)OC(=O)N1CCN2c3ccc(Cl)cc3CC2C1. The van der Waals surface area contributed by atoms with Gasteiger partial charge in [0.15, 0.2) is 0 Å². The molecule has 114 valence electrons. The molecule has 21 heavy (non-hydrogen) atoms. The number of fused-ring (bicyclic) bond motifs is 3. The first kappa shape index (κ1) is 14.5. The summed E-state index contributed by atoms with van der Waals surface area (Å²) in [4.78, 5) is 16.4. The van der Waals surface area contributed by atoms with E-state index in [-0.39, 0.29) is 6.09 Å². The van der Waals surface area contributed by atoms with Crippen LogP contribution in [0, 0.1) is 0 Å². The van der Waals surface area contributed by atoms with E-state index in [0.717, 1.165) is 18.0 Å². The molecular formula is C16H21ClN2O2. The molecule has 1 atom stereocenters. The molecule has 2 aliphatic heterocycles. The average molecular weight is 309 g/mol. The normalized spacial score (nSPS) is 21.0. The van der Waals surface area contributed by atoms with E-state index in [4.69, 9.17) is 16.3 Å². The van der Waals surface area contributed by atoms with Crippen molar-refractivity contribution >= 4 is 23.4 Å². The second-order valence-corrected chi connectivity index (χ2v) is 7.19. The molecule has 1 aromatic rings. The lowest BCUT2D eigenvalue weighted by atomic mass is 10.1. The predicted molar refractivity (Wildman–Crippen MR) is 84.1 cm³/mol. The Morgan fingerprint density at radius 3 is 2.81 bits per heavy atom. The fourth-order valence-corrected chi connectivity index (χ4v) is 3.29. The Bertz CT molecular complexity index is 568. The molecule has 1 unspecified atom stereocenters. The van der Waals surface area contributed by atoms with Crippen molar-refractivity contribution in [3.63, 3.8) is 0 Å². The maximum absolute atomic E-state index is 12.2. The third kappa shape index (κ3) is 2.95. The van der Waals surface area contributed by atoms with Gasteiger partial charge in [0.25, 0.3) is 0 Å². The van der Waals surface area contributed by atoms with Gasteiger partial charge in [-0.25, -0.2) is 4.79 Å². The molecule has 0 N–H and O–H groups in total. The zero-order valence-corrected chi connectivity index (χ0v) is 13.5. The number of halogens is 1. The van der Waals surface area contributed by atoms with E-state index >= 15 is 0 Å². The van der Waals surface area contributed by atoms with Gasteiger partial charge >= 0.3 is 6.09 Å². The van der Waals surface area contributed by atoms with Crippen molar-refractivity contribution in [2.24, 2.45) is 0 Å². The quantitative estimate of drug-likeness (QED) is 0.737. The third-order valence-corrected chi connectivity index (χ3v) is 4.18. The van der Waals surface area contributed by atoms with E-state index in [1.807, 2.05) is 37.8 Å². The number of hydrogen-bond donors (Lipinski definition) is 0. The fourth-order valence-electron chi connectivity index (χ4n) is 3.09. The highest BCUT2D eigenvalue weighted by molar-refractivity contribution is 6.30. The van der Waals surface area contributed by atoms with Gasteiger partial charge in [0, 0.05) is 30.3 Å². The summed E-state index contributed by atoms with van der Waals surface area (Å²) in [5, 5.41) is 0.776. The topological polar surface area (TPSA) is 32.8 Å². The van der Waals surface area contributed by atoms with Crippen LogP contribution in [0.1, 0.15) is 26.3 Å². The van der Waals surface area contributed by atoms with Crippen LogP contribution in [0.3, 0.4) is 0 Å². The van der Waals surface area contributed by atoms with Crippen molar-refractivity contribution < 1.29 is 9.53 Å². The molecule has 1 saturated heterocycles. The van der Waals surface area contributed by atoms with Gasteiger partial charge in [0.1, 0.15) is 5.60 Å². The third-order valence-electron chi connectivity index (χ3n) is 3.94. The fraction of sp³-hybridized carbons (Fsp3) is 0.562. The Hall–Kier alpha value is -1.42. The molecule has 0 radical (unpaired) electrons. The van der Waals surface area contributed by atoms with Crippen LogP contribution in [0.15, 0.2) is 18.2 Å². The Balaban J connectivity index is 1.70. The van der Waals surface area contributed by atoms with Crippen LogP contribution in [-0.4, -0.2) is 42.3 Å².